The molecular formula is C15H26BNO4. The Morgan fingerprint density at radius 3 is 2.33 bits per heavy atom. The topological polar surface area (TPSA) is 66.1 Å². The summed E-state index contributed by atoms with van der Waals surface area (Å²) in [5.41, 5.74) is -1.33. The molecule has 0 amide bonds. The van der Waals surface area contributed by atoms with Crippen molar-refractivity contribution in [3.63, 3.8) is 0 Å². The first-order chi connectivity index (χ1) is 9.62. The number of nitrogens with zero attached hydrogens (tertiary/aromatic N) is 1. The lowest BCUT2D eigenvalue weighted by atomic mass is 9.76. The summed E-state index contributed by atoms with van der Waals surface area (Å²) in [6, 6.07) is 1.84. The van der Waals surface area contributed by atoms with Crippen molar-refractivity contribution in [2.24, 2.45) is 0 Å². The molecule has 1 aliphatic rings. The van der Waals surface area contributed by atoms with E-state index in [4.69, 9.17) is 9.07 Å². The molecule has 0 atom stereocenters. The Kier molecular flexibility index (Phi) is 4.43. The summed E-state index contributed by atoms with van der Waals surface area (Å²) in [6.45, 7) is 10.6. The lowest BCUT2D eigenvalue weighted by Gasteiger charge is -2.38. The van der Waals surface area contributed by atoms with Gasteiger partial charge in [0.05, 0.1) is 11.2 Å². The van der Waals surface area contributed by atoms with E-state index in [9.17, 15) is 10.1 Å². The van der Waals surface area contributed by atoms with Crippen LogP contribution < -0.4 is 10.4 Å². The Hall–Kier alpha value is -0.975. The van der Waals surface area contributed by atoms with Crippen molar-refractivity contribution in [3.8, 4) is 0 Å². The minimum atomic E-state index is -1.12. The lowest BCUT2D eigenvalue weighted by molar-refractivity contribution is -0.0982. The highest BCUT2D eigenvalue weighted by molar-refractivity contribution is 6.60. The van der Waals surface area contributed by atoms with E-state index in [2.05, 4.69) is 4.90 Å². The Balaban J connectivity index is 2.14. The maximum Gasteiger partial charge on any atom is 0.495 e. The van der Waals surface area contributed by atoms with Crippen LogP contribution in [0.3, 0.4) is 0 Å². The number of hydrogen-bond acceptors (Lipinski definition) is 5. The molecule has 1 aliphatic heterocycles. The van der Waals surface area contributed by atoms with Crippen molar-refractivity contribution in [2.75, 3.05) is 18.0 Å². The molecular weight excluding hydrogens is 269 g/mol. The van der Waals surface area contributed by atoms with Crippen LogP contribution in [0.4, 0.5) is 5.88 Å². The second-order valence-corrected chi connectivity index (χ2v) is 6.83. The standard InChI is InChI=1S/C15H26BNO4/c1-11-12(10-13(20-11)17-8-6-7-9-17)16(19)21-15(4,5)14(2,3)18/h10,18-19H,6-9H2,1-5H3. The van der Waals surface area contributed by atoms with Gasteiger partial charge in [0.1, 0.15) is 5.76 Å². The van der Waals surface area contributed by atoms with Crippen LogP contribution in [-0.4, -0.2) is 41.5 Å². The molecule has 0 radical (unpaired) electrons. The molecule has 1 aromatic heterocycles. The van der Waals surface area contributed by atoms with E-state index in [1.165, 1.54) is 12.8 Å². The summed E-state index contributed by atoms with van der Waals surface area (Å²) in [4.78, 5) is 2.17. The first kappa shape index (κ1) is 16.4. The summed E-state index contributed by atoms with van der Waals surface area (Å²) < 4.78 is 11.4. The predicted octanol–water partition coefficient (Wildman–Crippen LogP) is 1.44. The summed E-state index contributed by atoms with van der Waals surface area (Å²) in [5.74, 6) is 1.43. The van der Waals surface area contributed by atoms with Gasteiger partial charge in [0, 0.05) is 24.6 Å². The van der Waals surface area contributed by atoms with E-state index in [0.29, 0.717) is 11.2 Å². The number of hydrogen-bond donors (Lipinski definition) is 2. The summed E-state index contributed by atoms with van der Waals surface area (Å²) in [7, 11) is -1.12. The number of aryl methyl sites for hydroxylation is 1. The molecule has 1 saturated heterocycles. The summed E-state index contributed by atoms with van der Waals surface area (Å²) >= 11 is 0. The van der Waals surface area contributed by atoms with Gasteiger partial charge in [0.15, 0.2) is 5.88 Å². The van der Waals surface area contributed by atoms with Crippen LogP contribution in [-0.2, 0) is 4.65 Å². The normalized spacial score (nSPS) is 16.6. The van der Waals surface area contributed by atoms with Gasteiger partial charge < -0.3 is 24.1 Å². The first-order valence-electron chi connectivity index (χ1n) is 7.55. The largest absolute Gasteiger partial charge is 0.495 e. The average molecular weight is 295 g/mol. The number of furan rings is 1. The quantitative estimate of drug-likeness (QED) is 0.805. The summed E-state index contributed by atoms with van der Waals surface area (Å²) in [6.07, 6.45) is 2.33. The Morgan fingerprint density at radius 2 is 1.81 bits per heavy atom. The van der Waals surface area contributed by atoms with Gasteiger partial charge >= 0.3 is 7.12 Å². The van der Waals surface area contributed by atoms with Gasteiger partial charge in [-0.15, -0.1) is 0 Å². The fourth-order valence-electron chi connectivity index (χ4n) is 2.31. The zero-order valence-electron chi connectivity index (χ0n) is 13.6. The van der Waals surface area contributed by atoms with Crippen LogP contribution in [0.2, 0.25) is 0 Å². The van der Waals surface area contributed by atoms with Gasteiger partial charge in [-0.05, 0) is 47.5 Å². The molecule has 0 spiro atoms. The van der Waals surface area contributed by atoms with E-state index < -0.39 is 18.3 Å². The number of rotatable bonds is 5. The zero-order valence-corrected chi connectivity index (χ0v) is 13.6. The second kappa shape index (κ2) is 5.67. The molecule has 5 nitrogen and oxygen atoms in total. The highest BCUT2D eigenvalue weighted by Gasteiger charge is 2.40. The maximum atomic E-state index is 10.3. The molecule has 0 aromatic carbocycles. The first-order valence-corrected chi connectivity index (χ1v) is 7.55. The van der Waals surface area contributed by atoms with Gasteiger partial charge in [-0.25, -0.2) is 0 Å². The van der Waals surface area contributed by atoms with Crippen molar-refractivity contribution < 1.29 is 19.2 Å². The van der Waals surface area contributed by atoms with Crippen LogP contribution in [0.25, 0.3) is 0 Å². The minimum Gasteiger partial charge on any atom is -0.446 e. The van der Waals surface area contributed by atoms with Crippen molar-refractivity contribution in [1.82, 2.24) is 0 Å². The van der Waals surface area contributed by atoms with Gasteiger partial charge in [0.25, 0.3) is 0 Å². The lowest BCUT2D eigenvalue weighted by Crippen LogP contribution is -2.53. The summed E-state index contributed by atoms with van der Waals surface area (Å²) in [5, 5.41) is 20.5. The van der Waals surface area contributed by atoms with Crippen molar-refractivity contribution >= 4 is 18.5 Å². The Morgan fingerprint density at radius 1 is 1.24 bits per heavy atom. The van der Waals surface area contributed by atoms with Crippen LogP contribution >= 0.6 is 0 Å². The fourth-order valence-corrected chi connectivity index (χ4v) is 2.31. The molecule has 0 aliphatic carbocycles. The number of anilines is 1. The van der Waals surface area contributed by atoms with Gasteiger partial charge in [0.2, 0.25) is 0 Å². The Bertz CT molecular complexity index is 486. The Labute approximate surface area is 127 Å². The van der Waals surface area contributed by atoms with Gasteiger partial charge in [-0.1, -0.05) is 0 Å². The number of aliphatic hydroxyl groups is 1. The van der Waals surface area contributed by atoms with E-state index >= 15 is 0 Å². The SMILES string of the molecule is Cc1oc(N2CCCC2)cc1B(O)OC(C)(C)C(C)(C)O. The molecule has 2 rings (SSSR count). The van der Waals surface area contributed by atoms with E-state index in [1.54, 1.807) is 27.7 Å². The van der Waals surface area contributed by atoms with Crippen LogP contribution in [0, 0.1) is 6.92 Å². The molecule has 6 heteroatoms. The molecule has 1 aromatic rings. The minimum absolute atomic E-state index is 0.620. The van der Waals surface area contributed by atoms with Gasteiger partial charge in [-0.2, -0.15) is 0 Å². The molecule has 0 bridgehead atoms. The second-order valence-electron chi connectivity index (χ2n) is 6.83. The maximum absolute atomic E-state index is 10.3. The zero-order chi connectivity index (χ0) is 15.8. The molecule has 0 saturated carbocycles. The van der Waals surface area contributed by atoms with Crippen molar-refractivity contribution in [1.29, 1.82) is 0 Å². The highest BCUT2D eigenvalue weighted by atomic mass is 16.5. The monoisotopic (exact) mass is 295 g/mol. The van der Waals surface area contributed by atoms with E-state index in [-0.39, 0.29) is 0 Å². The van der Waals surface area contributed by atoms with E-state index in [1.807, 2.05) is 13.0 Å². The molecule has 1 fully saturated rings. The van der Waals surface area contributed by atoms with Crippen molar-refractivity contribution in [2.45, 2.75) is 58.7 Å². The molecule has 118 valence electrons. The van der Waals surface area contributed by atoms with Crippen molar-refractivity contribution in [3.05, 3.63) is 11.8 Å². The molecule has 0 unspecified atom stereocenters. The average Bonchev–Trinajstić information content (AvgIpc) is 2.94. The highest BCUT2D eigenvalue weighted by Crippen LogP contribution is 2.27. The predicted molar refractivity (Wildman–Crippen MR) is 84.0 cm³/mol. The van der Waals surface area contributed by atoms with E-state index in [0.717, 1.165) is 19.0 Å². The van der Waals surface area contributed by atoms with Crippen LogP contribution in [0.5, 0.6) is 0 Å². The van der Waals surface area contributed by atoms with Gasteiger partial charge in [-0.3, -0.25) is 0 Å². The molecule has 2 heterocycles. The van der Waals surface area contributed by atoms with Crippen LogP contribution in [0.15, 0.2) is 10.5 Å². The smallest absolute Gasteiger partial charge is 0.446 e. The third kappa shape index (κ3) is 3.44. The molecule has 21 heavy (non-hydrogen) atoms. The third-order valence-corrected chi connectivity index (χ3v) is 4.51. The fraction of sp³-hybridized carbons (Fsp3) is 0.733. The van der Waals surface area contributed by atoms with Crippen LogP contribution in [0.1, 0.15) is 46.3 Å². The third-order valence-electron chi connectivity index (χ3n) is 4.51. The molecule has 2 N–H and O–H groups in total.